The van der Waals surface area contributed by atoms with Crippen molar-refractivity contribution in [1.82, 2.24) is 0 Å². The van der Waals surface area contributed by atoms with Crippen LogP contribution in [0.2, 0.25) is 0 Å². The van der Waals surface area contributed by atoms with Gasteiger partial charge in [-0.2, -0.15) is 0 Å². The van der Waals surface area contributed by atoms with E-state index in [1.165, 1.54) is 24.3 Å². The summed E-state index contributed by atoms with van der Waals surface area (Å²) in [7, 11) is 0. The van der Waals surface area contributed by atoms with E-state index in [9.17, 15) is 13.2 Å². The van der Waals surface area contributed by atoms with Crippen molar-refractivity contribution in [3.8, 4) is 5.75 Å². The standard InChI is InChI=1S/C8H6F3O.Mg.2H/c1-6-2-4-7(5-3-6)12-8(9,10)11;;;/h2-5H,1H2;;;. The van der Waals surface area contributed by atoms with Crippen LogP contribution in [0.1, 0.15) is 5.56 Å². The molecule has 0 aliphatic carbocycles. The van der Waals surface area contributed by atoms with E-state index in [1.807, 2.05) is 0 Å². The van der Waals surface area contributed by atoms with E-state index in [2.05, 4.69) is 11.7 Å². The van der Waals surface area contributed by atoms with Gasteiger partial charge in [0.15, 0.2) is 0 Å². The Bertz CT molecular complexity index is 255. The number of rotatable bonds is 1. The van der Waals surface area contributed by atoms with Gasteiger partial charge in [0, 0.05) is 0 Å². The third-order valence-corrected chi connectivity index (χ3v) is 1.16. The first-order valence-electron chi connectivity index (χ1n) is 3.15. The molecule has 0 unspecified atom stereocenters. The Hall–Kier alpha value is -0.424. The van der Waals surface area contributed by atoms with Gasteiger partial charge in [-0.1, -0.05) is 12.1 Å². The van der Waals surface area contributed by atoms with Crippen LogP contribution in [0.3, 0.4) is 0 Å². The molecule has 13 heavy (non-hydrogen) atoms. The fourth-order valence-electron chi connectivity index (χ4n) is 0.691. The van der Waals surface area contributed by atoms with Crippen molar-refractivity contribution in [2.45, 2.75) is 6.36 Å². The smallest absolute Gasteiger partial charge is 0.406 e. The lowest BCUT2D eigenvalue weighted by atomic mass is 10.2. The van der Waals surface area contributed by atoms with Crippen LogP contribution in [0, 0.1) is 6.92 Å². The van der Waals surface area contributed by atoms with Crippen LogP contribution >= 0.6 is 0 Å². The molecule has 1 nitrogen and oxygen atoms in total. The van der Waals surface area contributed by atoms with Crippen molar-refractivity contribution in [2.75, 3.05) is 0 Å². The molecule has 0 heterocycles. The minimum Gasteiger partial charge on any atom is -0.406 e. The molecule has 1 rings (SSSR count). The Balaban J connectivity index is 0.00000144. The monoisotopic (exact) mass is 201 g/mol. The fraction of sp³-hybridized carbons (Fsp3) is 0.125. The lowest BCUT2D eigenvalue weighted by Gasteiger charge is -2.07. The Labute approximate surface area is 90.0 Å². The van der Waals surface area contributed by atoms with Gasteiger partial charge in [-0.25, -0.2) is 0 Å². The van der Waals surface area contributed by atoms with Crippen LogP contribution in [-0.4, -0.2) is 29.4 Å². The normalized spacial score (nSPS) is 10.5. The quantitative estimate of drug-likeness (QED) is 0.630. The Morgan fingerprint density at radius 3 is 1.92 bits per heavy atom. The summed E-state index contributed by atoms with van der Waals surface area (Å²) in [5.41, 5.74) is 0.643. The molecule has 0 amide bonds. The van der Waals surface area contributed by atoms with Crippen molar-refractivity contribution < 1.29 is 17.9 Å². The molecule has 1 aromatic carbocycles. The minimum atomic E-state index is -4.62. The van der Waals surface area contributed by atoms with Crippen LogP contribution in [0.5, 0.6) is 5.75 Å². The average molecular weight is 201 g/mol. The molecule has 5 heteroatoms. The van der Waals surface area contributed by atoms with Crippen molar-refractivity contribution in [2.24, 2.45) is 0 Å². The molecule has 0 aliphatic heterocycles. The largest absolute Gasteiger partial charge is 0.573 e. The number of alkyl halides is 3. The fourth-order valence-corrected chi connectivity index (χ4v) is 0.691. The highest BCUT2D eigenvalue weighted by molar-refractivity contribution is 5.75. The summed E-state index contributed by atoms with van der Waals surface area (Å²) in [4.78, 5) is 0. The highest BCUT2D eigenvalue weighted by atomic mass is 24.3. The van der Waals surface area contributed by atoms with Crippen molar-refractivity contribution in [1.29, 1.82) is 0 Å². The second kappa shape index (κ2) is 4.71. The van der Waals surface area contributed by atoms with Crippen molar-refractivity contribution in [3.05, 3.63) is 36.8 Å². The number of ether oxygens (including phenoxy) is 1. The first-order valence-corrected chi connectivity index (χ1v) is 3.15. The van der Waals surface area contributed by atoms with Crippen molar-refractivity contribution in [3.63, 3.8) is 0 Å². The summed E-state index contributed by atoms with van der Waals surface area (Å²) < 4.78 is 38.4. The Kier molecular flexibility index (Phi) is 4.56. The maximum absolute atomic E-state index is 11.6. The van der Waals surface area contributed by atoms with Crippen LogP contribution < -0.4 is 4.74 Å². The van der Waals surface area contributed by atoms with E-state index in [-0.39, 0.29) is 28.8 Å². The Morgan fingerprint density at radius 1 is 1.08 bits per heavy atom. The molecule has 0 saturated heterocycles. The topological polar surface area (TPSA) is 9.23 Å². The lowest BCUT2D eigenvalue weighted by molar-refractivity contribution is -0.274. The van der Waals surface area contributed by atoms with Gasteiger partial charge in [0.05, 0.1) is 0 Å². The van der Waals surface area contributed by atoms with E-state index in [1.54, 1.807) is 0 Å². The SMILES string of the molecule is [CH2]c1ccc(OC(F)(F)F)cc1.[MgH2]. The van der Waals surface area contributed by atoms with Gasteiger partial charge in [-0.05, 0) is 24.6 Å². The maximum Gasteiger partial charge on any atom is 0.573 e. The molecule has 0 N–H and O–H groups in total. The lowest BCUT2D eigenvalue weighted by Crippen LogP contribution is -2.16. The molecule has 0 aromatic heterocycles. The number of hydrogen-bond acceptors (Lipinski definition) is 1. The molecule has 0 aliphatic rings. The predicted molar refractivity (Wildman–Crippen MR) is 46.1 cm³/mol. The number of halogens is 3. The molecule has 0 saturated carbocycles. The molecule has 1 aromatic rings. The van der Waals surface area contributed by atoms with E-state index in [0.29, 0.717) is 5.56 Å². The molecule has 0 spiro atoms. The molecule has 1 radical (unpaired) electrons. The summed E-state index contributed by atoms with van der Waals surface area (Å²) in [5.74, 6) is -0.227. The first-order chi connectivity index (χ1) is 5.47. The number of hydrogen-bond donors (Lipinski definition) is 0. The van der Waals surface area contributed by atoms with Gasteiger partial charge in [-0.15, -0.1) is 13.2 Å². The summed E-state index contributed by atoms with van der Waals surface area (Å²) in [6, 6.07) is 5.33. The zero-order valence-electron chi connectivity index (χ0n) is 6.06. The third kappa shape index (κ3) is 5.00. The van der Waals surface area contributed by atoms with Crippen LogP contribution in [0.4, 0.5) is 13.2 Å². The van der Waals surface area contributed by atoms with Crippen LogP contribution in [-0.2, 0) is 0 Å². The predicted octanol–water partition coefficient (Wildman–Crippen LogP) is 1.85. The molecule has 69 valence electrons. The molecular weight excluding hydrogens is 193 g/mol. The zero-order chi connectivity index (χ0) is 9.19. The molecule has 0 bridgehead atoms. The molecular formula is C8H8F3MgO. The van der Waals surface area contributed by atoms with Gasteiger partial charge in [0.25, 0.3) is 0 Å². The van der Waals surface area contributed by atoms with Crippen LogP contribution in [0.15, 0.2) is 24.3 Å². The van der Waals surface area contributed by atoms with E-state index >= 15 is 0 Å². The van der Waals surface area contributed by atoms with Gasteiger partial charge in [0.2, 0.25) is 0 Å². The second-order valence-corrected chi connectivity index (χ2v) is 2.19. The second-order valence-electron chi connectivity index (χ2n) is 2.19. The summed E-state index contributed by atoms with van der Waals surface area (Å²) in [6.07, 6.45) is -4.62. The van der Waals surface area contributed by atoms with E-state index in [0.717, 1.165) is 0 Å². The van der Waals surface area contributed by atoms with Crippen molar-refractivity contribution >= 4 is 23.1 Å². The first kappa shape index (κ1) is 12.6. The van der Waals surface area contributed by atoms with Crippen LogP contribution in [0.25, 0.3) is 0 Å². The van der Waals surface area contributed by atoms with E-state index < -0.39 is 6.36 Å². The number of benzene rings is 1. The zero-order valence-corrected chi connectivity index (χ0v) is 6.06. The molecule has 0 fully saturated rings. The van der Waals surface area contributed by atoms with Gasteiger partial charge >= 0.3 is 29.4 Å². The summed E-state index contributed by atoms with van der Waals surface area (Å²) in [5, 5.41) is 0. The van der Waals surface area contributed by atoms with E-state index in [4.69, 9.17) is 0 Å². The summed E-state index contributed by atoms with van der Waals surface area (Å²) >= 11 is 0. The average Bonchev–Trinajstić information content (AvgIpc) is 1.91. The molecule has 0 atom stereocenters. The highest BCUT2D eigenvalue weighted by Crippen LogP contribution is 2.22. The third-order valence-electron chi connectivity index (χ3n) is 1.16. The van der Waals surface area contributed by atoms with Gasteiger partial charge in [0.1, 0.15) is 5.75 Å². The highest BCUT2D eigenvalue weighted by Gasteiger charge is 2.30. The van der Waals surface area contributed by atoms with Gasteiger partial charge < -0.3 is 4.74 Å². The van der Waals surface area contributed by atoms with Gasteiger partial charge in [-0.3, -0.25) is 0 Å². The Morgan fingerprint density at radius 2 is 1.54 bits per heavy atom. The minimum absolute atomic E-state index is 0. The summed E-state index contributed by atoms with van der Waals surface area (Å²) in [6.45, 7) is 3.52. The maximum atomic E-state index is 11.6.